The standard InChI is InChI=1S/C17H24N4O3/c1-13(22)20-6-8-21(9-7-20)17(23)16-5-4-14(11-19-16)18-12-15-3-2-10-24-15/h4-5,11,15,18H,2-3,6-10,12H2,1H3. The van der Waals surface area contributed by atoms with Gasteiger partial charge in [-0.2, -0.15) is 0 Å². The van der Waals surface area contributed by atoms with Crippen LogP contribution in [0.1, 0.15) is 30.3 Å². The van der Waals surface area contributed by atoms with Gasteiger partial charge in [0.15, 0.2) is 0 Å². The predicted octanol–water partition coefficient (Wildman–Crippen LogP) is 0.977. The number of piperazine rings is 1. The number of amides is 2. The molecule has 0 radical (unpaired) electrons. The molecule has 2 amide bonds. The topological polar surface area (TPSA) is 74.8 Å². The van der Waals surface area contributed by atoms with Crippen molar-refractivity contribution in [2.24, 2.45) is 0 Å². The lowest BCUT2D eigenvalue weighted by atomic mass is 10.2. The van der Waals surface area contributed by atoms with Gasteiger partial charge in [0, 0.05) is 46.3 Å². The summed E-state index contributed by atoms with van der Waals surface area (Å²) in [7, 11) is 0. The van der Waals surface area contributed by atoms with Crippen LogP contribution in [0, 0.1) is 0 Å². The molecule has 7 heteroatoms. The molecule has 2 aliphatic rings. The van der Waals surface area contributed by atoms with Gasteiger partial charge in [-0.25, -0.2) is 4.98 Å². The summed E-state index contributed by atoms with van der Waals surface area (Å²) in [4.78, 5) is 31.6. The number of nitrogens with one attached hydrogen (secondary N) is 1. The van der Waals surface area contributed by atoms with Gasteiger partial charge >= 0.3 is 0 Å². The van der Waals surface area contributed by atoms with Crippen LogP contribution in [0.3, 0.4) is 0 Å². The van der Waals surface area contributed by atoms with E-state index >= 15 is 0 Å². The third-order valence-electron chi connectivity index (χ3n) is 4.55. The molecule has 1 atom stereocenters. The number of hydrogen-bond acceptors (Lipinski definition) is 5. The maximum Gasteiger partial charge on any atom is 0.272 e. The molecule has 2 aliphatic heterocycles. The fourth-order valence-corrected chi connectivity index (χ4v) is 3.05. The van der Waals surface area contributed by atoms with Gasteiger partial charge in [-0.15, -0.1) is 0 Å². The van der Waals surface area contributed by atoms with E-state index in [1.54, 1.807) is 29.0 Å². The Balaban J connectivity index is 1.51. The van der Waals surface area contributed by atoms with E-state index in [9.17, 15) is 9.59 Å². The monoisotopic (exact) mass is 332 g/mol. The second-order valence-electron chi connectivity index (χ2n) is 6.25. The van der Waals surface area contributed by atoms with Crippen molar-refractivity contribution in [3.63, 3.8) is 0 Å². The minimum absolute atomic E-state index is 0.0573. The highest BCUT2D eigenvalue weighted by atomic mass is 16.5. The van der Waals surface area contributed by atoms with E-state index in [-0.39, 0.29) is 17.9 Å². The Bertz CT molecular complexity index is 576. The van der Waals surface area contributed by atoms with E-state index in [1.807, 2.05) is 6.07 Å². The van der Waals surface area contributed by atoms with Crippen molar-refractivity contribution in [3.05, 3.63) is 24.0 Å². The van der Waals surface area contributed by atoms with Crippen LogP contribution in [0.25, 0.3) is 0 Å². The van der Waals surface area contributed by atoms with Gasteiger partial charge < -0.3 is 19.9 Å². The average molecular weight is 332 g/mol. The van der Waals surface area contributed by atoms with Gasteiger partial charge in [-0.1, -0.05) is 0 Å². The van der Waals surface area contributed by atoms with Gasteiger partial charge in [-0.3, -0.25) is 9.59 Å². The fraction of sp³-hybridized carbons (Fsp3) is 0.588. The molecule has 7 nitrogen and oxygen atoms in total. The van der Waals surface area contributed by atoms with Crippen molar-refractivity contribution >= 4 is 17.5 Å². The van der Waals surface area contributed by atoms with E-state index in [4.69, 9.17) is 4.74 Å². The molecule has 0 aromatic carbocycles. The SMILES string of the molecule is CC(=O)N1CCN(C(=O)c2ccc(NCC3CCCO3)cn2)CC1. The molecule has 130 valence electrons. The third-order valence-corrected chi connectivity index (χ3v) is 4.55. The molecule has 0 bridgehead atoms. The first-order valence-electron chi connectivity index (χ1n) is 8.50. The fourth-order valence-electron chi connectivity index (χ4n) is 3.05. The molecule has 0 spiro atoms. The average Bonchev–Trinajstić information content (AvgIpc) is 3.13. The highest BCUT2D eigenvalue weighted by Gasteiger charge is 2.24. The van der Waals surface area contributed by atoms with Crippen LogP contribution in [-0.4, -0.2) is 72.0 Å². The Morgan fingerprint density at radius 1 is 1.25 bits per heavy atom. The zero-order valence-corrected chi connectivity index (χ0v) is 14.0. The molecule has 2 fully saturated rings. The summed E-state index contributed by atoms with van der Waals surface area (Å²) >= 11 is 0. The summed E-state index contributed by atoms with van der Waals surface area (Å²) in [6.45, 7) is 5.45. The van der Waals surface area contributed by atoms with Crippen molar-refractivity contribution in [2.45, 2.75) is 25.9 Å². The van der Waals surface area contributed by atoms with Crippen LogP contribution in [-0.2, 0) is 9.53 Å². The Hall–Kier alpha value is -2.15. The highest BCUT2D eigenvalue weighted by molar-refractivity contribution is 5.92. The Labute approximate surface area is 142 Å². The quantitative estimate of drug-likeness (QED) is 0.889. The van der Waals surface area contributed by atoms with Gasteiger partial charge in [-0.05, 0) is 25.0 Å². The first kappa shape index (κ1) is 16.7. The van der Waals surface area contributed by atoms with Gasteiger partial charge in [0.2, 0.25) is 5.91 Å². The predicted molar refractivity (Wildman–Crippen MR) is 89.9 cm³/mol. The number of rotatable bonds is 4. The molecule has 1 N–H and O–H groups in total. The lowest BCUT2D eigenvalue weighted by Gasteiger charge is -2.34. The molecule has 1 aromatic heterocycles. The molecule has 0 aliphatic carbocycles. The second-order valence-corrected chi connectivity index (χ2v) is 6.25. The van der Waals surface area contributed by atoms with Crippen LogP contribution < -0.4 is 5.32 Å². The number of pyridine rings is 1. The lowest BCUT2D eigenvalue weighted by molar-refractivity contribution is -0.130. The molecule has 1 unspecified atom stereocenters. The van der Waals surface area contributed by atoms with Gasteiger partial charge in [0.05, 0.1) is 18.0 Å². The molecule has 0 saturated carbocycles. The minimum atomic E-state index is -0.0797. The van der Waals surface area contributed by atoms with Crippen molar-refractivity contribution in [1.82, 2.24) is 14.8 Å². The molecule has 3 heterocycles. The van der Waals surface area contributed by atoms with Crippen LogP contribution in [0.15, 0.2) is 18.3 Å². The number of carbonyl (C=O) groups is 2. The Morgan fingerprint density at radius 2 is 2.00 bits per heavy atom. The largest absolute Gasteiger partial charge is 0.381 e. The zero-order valence-electron chi connectivity index (χ0n) is 14.0. The number of nitrogens with zero attached hydrogens (tertiary/aromatic N) is 3. The number of anilines is 1. The van der Waals surface area contributed by atoms with Crippen molar-refractivity contribution in [1.29, 1.82) is 0 Å². The summed E-state index contributed by atoms with van der Waals surface area (Å²) in [6.07, 6.45) is 4.16. The number of hydrogen-bond donors (Lipinski definition) is 1. The van der Waals surface area contributed by atoms with E-state index in [0.717, 1.165) is 31.7 Å². The van der Waals surface area contributed by atoms with Crippen LogP contribution >= 0.6 is 0 Å². The molecule has 24 heavy (non-hydrogen) atoms. The molecule has 1 aromatic rings. The van der Waals surface area contributed by atoms with Crippen LogP contribution in [0.2, 0.25) is 0 Å². The molecule has 3 rings (SSSR count). The summed E-state index contributed by atoms with van der Waals surface area (Å²) in [5, 5.41) is 3.29. The smallest absolute Gasteiger partial charge is 0.272 e. The molecular formula is C17H24N4O3. The summed E-state index contributed by atoms with van der Waals surface area (Å²) < 4.78 is 5.57. The Kier molecular flexibility index (Phi) is 5.30. The number of aromatic nitrogens is 1. The van der Waals surface area contributed by atoms with Crippen molar-refractivity contribution < 1.29 is 14.3 Å². The van der Waals surface area contributed by atoms with Crippen molar-refractivity contribution in [2.75, 3.05) is 44.6 Å². The van der Waals surface area contributed by atoms with Crippen molar-refractivity contribution in [3.8, 4) is 0 Å². The maximum absolute atomic E-state index is 12.5. The normalized spacial score (nSPS) is 21.0. The van der Waals surface area contributed by atoms with Gasteiger partial charge in [0.25, 0.3) is 5.91 Å². The summed E-state index contributed by atoms with van der Waals surface area (Å²) in [5.41, 5.74) is 1.33. The third kappa shape index (κ3) is 4.03. The first-order valence-corrected chi connectivity index (χ1v) is 8.50. The minimum Gasteiger partial charge on any atom is -0.381 e. The Morgan fingerprint density at radius 3 is 2.58 bits per heavy atom. The van der Waals surface area contributed by atoms with E-state index in [1.165, 1.54) is 0 Å². The van der Waals surface area contributed by atoms with E-state index in [0.29, 0.717) is 31.9 Å². The lowest BCUT2D eigenvalue weighted by Crippen LogP contribution is -2.50. The maximum atomic E-state index is 12.5. The highest BCUT2D eigenvalue weighted by Crippen LogP contribution is 2.14. The number of ether oxygens (including phenoxy) is 1. The van der Waals surface area contributed by atoms with Crippen LogP contribution in [0.5, 0.6) is 0 Å². The molecular weight excluding hydrogens is 308 g/mol. The van der Waals surface area contributed by atoms with E-state index in [2.05, 4.69) is 10.3 Å². The second kappa shape index (κ2) is 7.61. The number of carbonyl (C=O) groups excluding carboxylic acids is 2. The first-order chi connectivity index (χ1) is 11.6. The van der Waals surface area contributed by atoms with Gasteiger partial charge in [0.1, 0.15) is 5.69 Å². The summed E-state index contributed by atoms with van der Waals surface area (Å²) in [6, 6.07) is 3.62. The zero-order chi connectivity index (χ0) is 16.9. The van der Waals surface area contributed by atoms with E-state index < -0.39 is 0 Å². The molecule has 2 saturated heterocycles. The summed E-state index contributed by atoms with van der Waals surface area (Å²) in [5.74, 6) is -0.0224. The van der Waals surface area contributed by atoms with Crippen LogP contribution in [0.4, 0.5) is 5.69 Å².